The van der Waals surface area contributed by atoms with Gasteiger partial charge in [-0.2, -0.15) is 0 Å². The molecule has 0 saturated carbocycles. The SMILES string of the molecule is CC(NC(=O)[C@@H](N)Cc1ccccc1)C1CCCO1. The number of nitrogens with one attached hydrogen (secondary N) is 1. The summed E-state index contributed by atoms with van der Waals surface area (Å²) in [5.41, 5.74) is 7.02. The molecule has 104 valence electrons. The summed E-state index contributed by atoms with van der Waals surface area (Å²) < 4.78 is 5.56. The number of hydrogen-bond acceptors (Lipinski definition) is 3. The first-order valence-electron chi connectivity index (χ1n) is 6.88. The van der Waals surface area contributed by atoms with Crippen molar-refractivity contribution in [3.63, 3.8) is 0 Å². The topological polar surface area (TPSA) is 64.4 Å². The highest BCUT2D eigenvalue weighted by Crippen LogP contribution is 2.15. The average Bonchev–Trinajstić information content (AvgIpc) is 2.93. The second-order valence-electron chi connectivity index (χ2n) is 5.14. The molecule has 1 aliphatic heterocycles. The lowest BCUT2D eigenvalue weighted by atomic mass is 10.0. The van der Waals surface area contributed by atoms with Crippen molar-refractivity contribution < 1.29 is 9.53 Å². The lowest BCUT2D eigenvalue weighted by molar-refractivity contribution is -0.123. The van der Waals surface area contributed by atoms with Crippen molar-refractivity contribution >= 4 is 5.91 Å². The number of benzene rings is 1. The molecule has 0 spiro atoms. The summed E-state index contributed by atoms with van der Waals surface area (Å²) in [6.45, 7) is 2.77. The predicted octanol–water partition coefficient (Wildman–Crippen LogP) is 1.24. The summed E-state index contributed by atoms with van der Waals surface area (Å²) in [5, 5.41) is 2.95. The molecule has 3 N–H and O–H groups in total. The van der Waals surface area contributed by atoms with Gasteiger partial charge in [0.2, 0.25) is 5.91 Å². The van der Waals surface area contributed by atoms with Crippen molar-refractivity contribution in [2.45, 2.75) is 44.4 Å². The lowest BCUT2D eigenvalue weighted by Crippen LogP contribution is -2.49. The number of ether oxygens (including phenoxy) is 1. The van der Waals surface area contributed by atoms with Crippen LogP contribution in [0.25, 0.3) is 0 Å². The Labute approximate surface area is 114 Å². The van der Waals surface area contributed by atoms with Crippen molar-refractivity contribution in [1.29, 1.82) is 0 Å². The van der Waals surface area contributed by atoms with E-state index in [1.165, 1.54) is 0 Å². The Morgan fingerprint density at radius 1 is 1.47 bits per heavy atom. The first kappa shape index (κ1) is 14.0. The molecule has 2 rings (SSSR count). The molecule has 0 bridgehead atoms. The second-order valence-corrected chi connectivity index (χ2v) is 5.14. The highest BCUT2D eigenvalue weighted by molar-refractivity contribution is 5.82. The van der Waals surface area contributed by atoms with E-state index in [4.69, 9.17) is 10.5 Å². The smallest absolute Gasteiger partial charge is 0.237 e. The van der Waals surface area contributed by atoms with Gasteiger partial charge in [-0.15, -0.1) is 0 Å². The molecule has 4 nitrogen and oxygen atoms in total. The molecule has 1 saturated heterocycles. The van der Waals surface area contributed by atoms with Gasteiger partial charge in [-0.25, -0.2) is 0 Å². The Morgan fingerprint density at radius 2 is 2.21 bits per heavy atom. The molecular formula is C15H22N2O2. The Morgan fingerprint density at radius 3 is 2.84 bits per heavy atom. The highest BCUT2D eigenvalue weighted by Gasteiger charge is 2.25. The third-order valence-corrected chi connectivity index (χ3v) is 3.53. The van der Waals surface area contributed by atoms with Gasteiger partial charge < -0.3 is 15.8 Å². The van der Waals surface area contributed by atoms with Gasteiger partial charge in [-0.05, 0) is 31.7 Å². The van der Waals surface area contributed by atoms with E-state index in [0.29, 0.717) is 6.42 Å². The molecule has 4 heteroatoms. The number of rotatable bonds is 5. The minimum atomic E-state index is -0.508. The minimum Gasteiger partial charge on any atom is -0.376 e. The molecule has 0 radical (unpaired) electrons. The van der Waals surface area contributed by atoms with E-state index in [1.807, 2.05) is 37.3 Å². The molecule has 1 heterocycles. The fourth-order valence-corrected chi connectivity index (χ4v) is 2.38. The zero-order chi connectivity index (χ0) is 13.7. The van der Waals surface area contributed by atoms with Gasteiger partial charge in [-0.1, -0.05) is 30.3 Å². The molecule has 1 aliphatic rings. The minimum absolute atomic E-state index is 0.0248. The monoisotopic (exact) mass is 262 g/mol. The Hall–Kier alpha value is -1.39. The fraction of sp³-hybridized carbons (Fsp3) is 0.533. The first-order valence-corrected chi connectivity index (χ1v) is 6.88. The number of carbonyl (C=O) groups is 1. The standard InChI is InChI=1S/C15H22N2O2/c1-11(14-8-5-9-19-14)17-15(18)13(16)10-12-6-3-2-4-7-12/h2-4,6-7,11,13-14H,5,8-10,16H2,1H3,(H,17,18)/t11?,13-,14?/m0/s1. The van der Waals surface area contributed by atoms with Crippen LogP contribution < -0.4 is 11.1 Å². The summed E-state index contributed by atoms with van der Waals surface area (Å²) in [5.74, 6) is -0.105. The summed E-state index contributed by atoms with van der Waals surface area (Å²) in [4.78, 5) is 12.0. The van der Waals surface area contributed by atoms with Crippen LogP contribution in [0.1, 0.15) is 25.3 Å². The van der Waals surface area contributed by atoms with Crippen molar-refractivity contribution in [2.24, 2.45) is 5.73 Å². The van der Waals surface area contributed by atoms with Crippen molar-refractivity contribution in [2.75, 3.05) is 6.61 Å². The van der Waals surface area contributed by atoms with Crippen molar-refractivity contribution in [1.82, 2.24) is 5.32 Å². The first-order chi connectivity index (χ1) is 9.16. The largest absolute Gasteiger partial charge is 0.376 e. The van der Waals surface area contributed by atoms with Crippen molar-refractivity contribution in [3.05, 3.63) is 35.9 Å². The van der Waals surface area contributed by atoms with Gasteiger partial charge in [-0.3, -0.25) is 4.79 Å². The van der Waals surface area contributed by atoms with E-state index in [2.05, 4.69) is 5.32 Å². The molecule has 2 unspecified atom stereocenters. The number of carbonyl (C=O) groups excluding carboxylic acids is 1. The number of nitrogens with two attached hydrogens (primary N) is 1. The van der Waals surface area contributed by atoms with Crippen LogP contribution in [0, 0.1) is 0 Å². The van der Waals surface area contributed by atoms with E-state index in [0.717, 1.165) is 25.0 Å². The maximum atomic E-state index is 12.0. The number of amides is 1. The van der Waals surface area contributed by atoms with Crippen LogP contribution in [0.3, 0.4) is 0 Å². The fourth-order valence-electron chi connectivity index (χ4n) is 2.38. The maximum Gasteiger partial charge on any atom is 0.237 e. The number of hydrogen-bond donors (Lipinski definition) is 2. The Balaban J connectivity index is 1.82. The molecule has 19 heavy (non-hydrogen) atoms. The van der Waals surface area contributed by atoms with Gasteiger partial charge in [0.15, 0.2) is 0 Å². The zero-order valence-electron chi connectivity index (χ0n) is 11.3. The summed E-state index contributed by atoms with van der Waals surface area (Å²) >= 11 is 0. The van der Waals surface area contributed by atoms with Crippen LogP contribution in [0.15, 0.2) is 30.3 Å². The van der Waals surface area contributed by atoms with Crippen LogP contribution in [-0.2, 0) is 16.0 Å². The normalized spacial score (nSPS) is 21.9. The zero-order valence-corrected chi connectivity index (χ0v) is 11.3. The third-order valence-electron chi connectivity index (χ3n) is 3.53. The molecule has 0 aromatic heterocycles. The summed E-state index contributed by atoms with van der Waals surface area (Å²) in [6, 6.07) is 9.34. The second kappa shape index (κ2) is 6.68. The van der Waals surface area contributed by atoms with Crippen LogP contribution in [0.4, 0.5) is 0 Å². The van der Waals surface area contributed by atoms with E-state index in [1.54, 1.807) is 0 Å². The van der Waals surface area contributed by atoms with Crippen LogP contribution >= 0.6 is 0 Å². The molecule has 1 aromatic carbocycles. The van der Waals surface area contributed by atoms with E-state index in [9.17, 15) is 4.79 Å². The quantitative estimate of drug-likeness (QED) is 0.839. The van der Waals surface area contributed by atoms with Crippen LogP contribution in [-0.4, -0.2) is 30.7 Å². The van der Waals surface area contributed by atoms with Crippen LogP contribution in [0.5, 0.6) is 0 Å². The Kier molecular flexibility index (Phi) is 4.93. The predicted molar refractivity (Wildman–Crippen MR) is 74.7 cm³/mol. The summed E-state index contributed by atoms with van der Waals surface area (Å²) in [6.07, 6.45) is 2.77. The average molecular weight is 262 g/mol. The third kappa shape index (κ3) is 4.04. The molecular weight excluding hydrogens is 240 g/mol. The maximum absolute atomic E-state index is 12.0. The van der Waals surface area contributed by atoms with Gasteiger partial charge in [0.25, 0.3) is 0 Å². The summed E-state index contributed by atoms with van der Waals surface area (Å²) in [7, 11) is 0. The molecule has 3 atom stereocenters. The van der Waals surface area contributed by atoms with Crippen molar-refractivity contribution in [3.8, 4) is 0 Å². The lowest BCUT2D eigenvalue weighted by Gasteiger charge is -2.22. The molecule has 0 aliphatic carbocycles. The Bertz CT molecular complexity index is 402. The molecule has 1 aromatic rings. The molecule has 1 amide bonds. The van der Waals surface area contributed by atoms with E-state index in [-0.39, 0.29) is 18.1 Å². The molecule has 1 fully saturated rings. The van der Waals surface area contributed by atoms with Crippen LogP contribution in [0.2, 0.25) is 0 Å². The van der Waals surface area contributed by atoms with E-state index >= 15 is 0 Å². The van der Waals surface area contributed by atoms with E-state index < -0.39 is 6.04 Å². The van der Waals surface area contributed by atoms with Gasteiger partial charge in [0.1, 0.15) is 0 Å². The highest BCUT2D eigenvalue weighted by atomic mass is 16.5. The van der Waals surface area contributed by atoms with Gasteiger partial charge >= 0.3 is 0 Å². The van der Waals surface area contributed by atoms with Gasteiger partial charge in [0, 0.05) is 6.61 Å². The van der Waals surface area contributed by atoms with Gasteiger partial charge in [0.05, 0.1) is 18.2 Å².